The third kappa shape index (κ3) is 1.54. The number of hydrogen-bond acceptors (Lipinski definition) is 3. The van der Waals surface area contributed by atoms with Gasteiger partial charge in [0.15, 0.2) is 11.5 Å². The topological polar surface area (TPSA) is 56.2 Å². The van der Waals surface area contributed by atoms with E-state index in [1.54, 1.807) is 0 Å². The number of nitrogens with zero attached hydrogens (tertiary/aromatic N) is 3. The molecular weight excluding hydrogens is 212 g/mol. The molecule has 1 aromatic carbocycles. The highest BCUT2D eigenvalue weighted by atomic mass is 15.2. The summed E-state index contributed by atoms with van der Waals surface area (Å²) in [6.07, 6.45) is 1.99. The zero-order chi connectivity index (χ0) is 11.8. The van der Waals surface area contributed by atoms with Crippen LogP contribution in [0.25, 0.3) is 17.0 Å². The third-order valence-electron chi connectivity index (χ3n) is 2.70. The van der Waals surface area contributed by atoms with Crippen LogP contribution >= 0.6 is 0 Å². The van der Waals surface area contributed by atoms with E-state index in [9.17, 15) is 0 Å². The van der Waals surface area contributed by atoms with Crippen molar-refractivity contribution >= 4 is 11.3 Å². The summed E-state index contributed by atoms with van der Waals surface area (Å²) in [4.78, 5) is 0. The standard InChI is InChI=1S/C13H12N4/c1-9-7-11(14)13-16-15-12(17(13)8-9)10-5-3-2-4-6-10/h2-8H,14H2,1H3. The van der Waals surface area contributed by atoms with Crippen LogP contribution in [0.4, 0.5) is 5.69 Å². The van der Waals surface area contributed by atoms with Gasteiger partial charge in [-0.25, -0.2) is 0 Å². The highest BCUT2D eigenvalue weighted by Crippen LogP contribution is 2.21. The van der Waals surface area contributed by atoms with Crippen molar-refractivity contribution < 1.29 is 0 Å². The van der Waals surface area contributed by atoms with E-state index in [4.69, 9.17) is 5.73 Å². The van der Waals surface area contributed by atoms with Gasteiger partial charge < -0.3 is 5.73 Å². The molecule has 0 saturated heterocycles. The van der Waals surface area contributed by atoms with Crippen molar-refractivity contribution in [2.75, 3.05) is 5.73 Å². The fourth-order valence-corrected chi connectivity index (χ4v) is 1.95. The van der Waals surface area contributed by atoms with Gasteiger partial charge in [0, 0.05) is 11.8 Å². The number of aromatic nitrogens is 3. The monoisotopic (exact) mass is 224 g/mol. The Morgan fingerprint density at radius 2 is 1.88 bits per heavy atom. The Kier molecular flexibility index (Phi) is 2.08. The number of nitrogens with two attached hydrogens (primary N) is 1. The van der Waals surface area contributed by atoms with Crippen molar-refractivity contribution in [1.82, 2.24) is 14.6 Å². The number of fused-ring (bicyclic) bond motifs is 1. The Balaban J connectivity index is 2.32. The molecule has 0 aliphatic heterocycles. The Hall–Kier alpha value is -2.36. The molecule has 4 nitrogen and oxygen atoms in total. The van der Waals surface area contributed by atoms with Crippen LogP contribution < -0.4 is 5.73 Å². The Bertz CT molecular complexity index is 670. The molecule has 0 spiro atoms. The van der Waals surface area contributed by atoms with E-state index in [1.165, 1.54) is 0 Å². The van der Waals surface area contributed by atoms with Gasteiger partial charge in [-0.3, -0.25) is 4.40 Å². The maximum atomic E-state index is 5.93. The van der Waals surface area contributed by atoms with E-state index in [0.29, 0.717) is 11.3 Å². The molecule has 0 fully saturated rings. The molecule has 2 heterocycles. The van der Waals surface area contributed by atoms with Gasteiger partial charge in [-0.05, 0) is 18.6 Å². The van der Waals surface area contributed by atoms with Gasteiger partial charge in [0.2, 0.25) is 0 Å². The second-order valence-electron chi connectivity index (χ2n) is 4.06. The van der Waals surface area contributed by atoms with Gasteiger partial charge >= 0.3 is 0 Å². The van der Waals surface area contributed by atoms with E-state index in [1.807, 2.05) is 53.9 Å². The lowest BCUT2D eigenvalue weighted by atomic mass is 10.2. The molecule has 3 rings (SSSR count). The smallest absolute Gasteiger partial charge is 0.184 e. The molecule has 0 saturated carbocycles. The molecule has 0 bridgehead atoms. The van der Waals surface area contributed by atoms with Gasteiger partial charge in [-0.1, -0.05) is 30.3 Å². The molecular formula is C13H12N4. The molecule has 0 aliphatic carbocycles. The summed E-state index contributed by atoms with van der Waals surface area (Å²) in [6, 6.07) is 11.9. The molecule has 0 amide bonds. The van der Waals surface area contributed by atoms with Gasteiger partial charge in [-0.15, -0.1) is 10.2 Å². The molecule has 84 valence electrons. The highest BCUT2D eigenvalue weighted by molar-refractivity contribution is 5.69. The molecule has 0 radical (unpaired) electrons. The number of anilines is 1. The zero-order valence-corrected chi connectivity index (χ0v) is 9.46. The minimum Gasteiger partial charge on any atom is -0.396 e. The van der Waals surface area contributed by atoms with Gasteiger partial charge in [0.25, 0.3) is 0 Å². The first kappa shape index (κ1) is 9.84. The Morgan fingerprint density at radius 3 is 2.65 bits per heavy atom. The molecule has 4 heteroatoms. The third-order valence-corrected chi connectivity index (χ3v) is 2.70. The van der Waals surface area contributed by atoms with Crippen LogP contribution in [0.3, 0.4) is 0 Å². The fourth-order valence-electron chi connectivity index (χ4n) is 1.95. The minimum atomic E-state index is 0.652. The maximum absolute atomic E-state index is 5.93. The van der Waals surface area contributed by atoms with E-state index in [2.05, 4.69) is 10.2 Å². The summed E-state index contributed by atoms with van der Waals surface area (Å²) in [6.45, 7) is 2.00. The zero-order valence-electron chi connectivity index (χ0n) is 9.46. The average Bonchev–Trinajstić information content (AvgIpc) is 2.74. The normalized spacial score (nSPS) is 10.9. The molecule has 0 atom stereocenters. The summed E-state index contributed by atoms with van der Waals surface area (Å²) < 4.78 is 1.93. The maximum Gasteiger partial charge on any atom is 0.184 e. The van der Waals surface area contributed by atoms with Crippen molar-refractivity contribution in [2.24, 2.45) is 0 Å². The summed E-state index contributed by atoms with van der Waals surface area (Å²) >= 11 is 0. The Labute approximate surface area is 98.7 Å². The first-order valence-corrected chi connectivity index (χ1v) is 5.42. The molecule has 2 N–H and O–H groups in total. The fraction of sp³-hybridized carbons (Fsp3) is 0.0769. The van der Waals surface area contributed by atoms with Crippen LogP contribution in [0, 0.1) is 6.92 Å². The van der Waals surface area contributed by atoms with Crippen molar-refractivity contribution in [2.45, 2.75) is 6.92 Å². The molecule has 3 aromatic rings. The lowest BCUT2D eigenvalue weighted by Gasteiger charge is -2.02. The quantitative estimate of drug-likeness (QED) is 0.690. The predicted molar refractivity (Wildman–Crippen MR) is 67.6 cm³/mol. The lowest BCUT2D eigenvalue weighted by molar-refractivity contribution is 1.11. The number of pyridine rings is 1. The number of benzene rings is 1. The second kappa shape index (κ2) is 3.59. The summed E-state index contributed by atoms with van der Waals surface area (Å²) in [5.41, 5.74) is 9.40. The highest BCUT2D eigenvalue weighted by Gasteiger charge is 2.09. The largest absolute Gasteiger partial charge is 0.396 e. The summed E-state index contributed by atoms with van der Waals surface area (Å²) in [7, 11) is 0. The van der Waals surface area contributed by atoms with Crippen molar-refractivity contribution in [3.05, 3.63) is 48.2 Å². The molecule has 0 unspecified atom stereocenters. The molecule has 2 aromatic heterocycles. The van der Waals surface area contributed by atoms with E-state index in [0.717, 1.165) is 17.0 Å². The van der Waals surface area contributed by atoms with Crippen molar-refractivity contribution in [3.63, 3.8) is 0 Å². The van der Waals surface area contributed by atoms with Crippen LogP contribution in [0.2, 0.25) is 0 Å². The predicted octanol–water partition coefficient (Wildman–Crippen LogP) is 2.29. The molecule has 0 aliphatic rings. The van der Waals surface area contributed by atoms with E-state index < -0.39 is 0 Å². The van der Waals surface area contributed by atoms with Crippen LogP contribution in [0.1, 0.15) is 5.56 Å². The second-order valence-corrected chi connectivity index (χ2v) is 4.06. The number of aryl methyl sites for hydroxylation is 1. The number of hydrogen-bond donors (Lipinski definition) is 1. The van der Waals surface area contributed by atoms with Crippen LogP contribution in [0.15, 0.2) is 42.6 Å². The van der Waals surface area contributed by atoms with Crippen molar-refractivity contribution in [3.8, 4) is 11.4 Å². The first-order chi connectivity index (χ1) is 8.25. The SMILES string of the molecule is Cc1cc(N)c2nnc(-c3ccccc3)n2c1. The summed E-state index contributed by atoms with van der Waals surface area (Å²) in [5, 5.41) is 8.32. The Morgan fingerprint density at radius 1 is 1.12 bits per heavy atom. The van der Waals surface area contributed by atoms with Gasteiger partial charge in [0.05, 0.1) is 5.69 Å². The lowest BCUT2D eigenvalue weighted by Crippen LogP contribution is -1.95. The minimum absolute atomic E-state index is 0.652. The first-order valence-electron chi connectivity index (χ1n) is 5.42. The van der Waals surface area contributed by atoms with E-state index >= 15 is 0 Å². The average molecular weight is 224 g/mol. The number of rotatable bonds is 1. The number of nitrogen functional groups attached to an aromatic ring is 1. The summed E-state index contributed by atoms with van der Waals surface area (Å²) in [5.74, 6) is 0.816. The van der Waals surface area contributed by atoms with E-state index in [-0.39, 0.29) is 0 Å². The van der Waals surface area contributed by atoms with Gasteiger partial charge in [0.1, 0.15) is 0 Å². The molecule has 17 heavy (non-hydrogen) atoms. The van der Waals surface area contributed by atoms with Crippen LogP contribution in [-0.4, -0.2) is 14.6 Å². The van der Waals surface area contributed by atoms with Crippen LogP contribution in [0.5, 0.6) is 0 Å². The van der Waals surface area contributed by atoms with Gasteiger partial charge in [-0.2, -0.15) is 0 Å². The van der Waals surface area contributed by atoms with Crippen LogP contribution in [-0.2, 0) is 0 Å². The van der Waals surface area contributed by atoms with Crippen molar-refractivity contribution in [1.29, 1.82) is 0 Å².